The molecule has 0 aliphatic heterocycles. The molecule has 0 N–H and O–H groups in total. The van der Waals surface area contributed by atoms with Gasteiger partial charge in [0, 0.05) is 13.3 Å². The zero-order valence-corrected chi connectivity index (χ0v) is 11.5. The first-order valence-corrected chi connectivity index (χ1v) is 6.71. The third-order valence-electron chi connectivity index (χ3n) is 3.03. The maximum Gasteiger partial charge on any atom is 0.125 e. The summed E-state index contributed by atoms with van der Waals surface area (Å²) in [5.41, 5.74) is 1.97. The quantitative estimate of drug-likeness (QED) is 0.755. The Hall–Kier alpha value is -1.13. The SMILES string of the molecule is CCCC(COC)n1c(CCl)nc2cnccc21. The van der Waals surface area contributed by atoms with Crippen molar-refractivity contribution in [1.29, 1.82) is 0 Å². The zero-order valence-electron chi connectivity index (χ0n) is 10.8. The molecule has 98 valence electrons. The minimum atomic E-state index is 0.279. The molecule has 18 heavy (non-hydrogen) atoms. The lowest BCUT2D eigenvalue weighted by Gasteiger charge is -2.20. The number of methoxy groups -OCH3 is 1. The molecule has 0 aliphatic carbocycles. The number of nitrogens with zero attached hydrogens (tertiary/aromatic N) is 3. The molecule has 1 atom stereocenters. The van der Waals surface area contributed by atoms with Gasteiger partial charge >= 0.3 is 0 Å². The molecule has 0 spiro atoms. The van der Waals surface area contributed by atoms with Crippen molar-refractivity contribution in [1.82, 2.24) is 14.5 Å². The number of ether oxygens (including phenoxy) is 1. The van der Waals surface area contributed by atoms with E-state index in [-0.39, 0.29) is 6.04 Å². The second kappa shape index (κ2) is 6.16. The van der Waals surface area contributed by atoms with Gasteiger partial charge in [-0.15, -0.1) is 11.6 Å². The minimum Gasteiger partial charge on any atom is -0.383 e. The number of alkyl halides is 1. The van der Waals surface area contributed by atoms with Crippen LogP contribution in [0.3, 0.4) is 0 Å². The van der Waals surface area contributed by atoms with Crippen LogP contribution in [-0.2, 0) is 10.6 Å². The number of rotatable bonds is 6. The number of imidazole rings is 1. The first-order valence-electron chi connectivity index (χ1n) is 6.17. The van der Waals surface area contributed by atoms with Crippen LogP contribution in [0.15, 0.2) is 18.5 Å². The first-order chi connectivity index (χ1) is 8.81. The van der Waals surface area contributed by atoms with E-state index >= 15 is 0 Å². The Morgan fingerprint density at radius 3 is 3.00 bits per heavy atom. The van der Waals surface area contributed by atoms with Crippen LogP contribution in [0.2, 0.25) is 0 Å². The second-order valence-electron chi connectivity index (χ2n) is 4.29. The summed E-state index contributed by atoms with van der Waals surface area (Å²) in [6.07, 6.45) is 5.71. The fraction of sp³-hybridized carbons (Fsp3) is 0.538. The summed E-state index contributed by atoms with van der Waals surface area (Å²) in [6, 6.07) is 2.26. The third kappa shape index (κ3) is 2.49. The molecule has 0 radical (unpaired) electrons. The highest BCUT2D eigenvalue weighted by atomic mass is 35.5. The molecule has 2 heterocycles. The average Bonchev–Trinajstić information content (AvgIpc) is 2.76. The van der Waals surface area contributed by atoms with E-state index < -0.39 is 0 Å². The van der Waals surface area contributed by atoms with Gasteiger partial charge in [0.25, 0.3) is 0 Å². The predicted octanol–water partition coefficient (Wildman–Crippen LogP) is 3.16. The van der Waals surface area contributed by atoms with Crippen LogP contribution in [0.25, 0.3) is 11.0 Å². The van der Waals surface area contributed by atoms with Crippen LogP contribution in [-0.4, -0.2) is 28.3 Å². The Balaban J connectivity index is 2.51. The first kappa shape index (κ1) is 13.3. The average molecular weight is 268 g/mol. The van der Waals surface area contributed by atoms with Crippen LogP contribution in [0.4, 0.5) is 0 Å². The zero-order chi connectivity index (χ0) is 13.0. The number of pyridine rings is 1. The molecule has 1 unspecified atom stereocenters. The smallest absolute Gasteiger partial charge is 0.125 e. The van der Waals surface area contributed by atoms with Gasteiger partial charge in [-0.2, -0.15) is 0 Å². The highest BCUT2D eigenvalue weighted by Crippen LogP contribution is 2.24. The summed E-state index contributed by atoms with van der Waals surface area (Å²) in [7, 11) is 1.73. The molecular formula is C13H18ClN3O. The van der Waals surface area contributed by atoms with Crippen molar-refractivity contribution in [2.24, 2.45) is 0 Å². The second-order valence-corrected chi connectivity index (χ2v) is 4.56. The van der Waals surface area contributed by atoms with Crippen LogP contribution >= 0.6 is 11.6 Å². The molecule has 2 rings (SSSR count). The molecule has 0 fully saturated rings. The molecule has 2 aromatic rings. The van der Waals surface area contributed by atoms with Gasteiger partial charge in [0.1, 0.15) is 11.3 Å². The fourth-order valence-electron chi connectivity index (χ4n) is 2.31. The number of hydrogen-bond donors (Lipinski definition) is 0. The van der Waals surface area contributed by atoms with Gasteiger partial charge in [0.2, 0.25) is 0 Å². The molecule has 0 amide bonds. The topological polar surface area (TPSA) is 39.9 Å². The van der Waals surface area contributed by atoms with Crippen LogP contribution in [0.1, 0.15) is 31.6 Å². The van der Waals surface area contributed by atoms with E-state index in [1.807, 2.05) is 6.07 Å². The molecule has 2 aromatic heterocycles. The normalized spacial score (nSPS) is 13.1. The highest BCUT2D eigenvalue weighted by Gasteiger charge is 2.18. The Bertz CT molecular complexity index is 506. The summed E-state index contributed by atoms with van der Waals surface area (Å²) in [5, 5.41) is 0. The molecule has 0 saturated heterocycles. The minimum absolute atomic E-state index is 0.279. The number of aromatic nitrogens is 3. The molecule has 0 aliphatic rings. The number of hydrogen-bond acceptors (Lipinski definition) is 3. The molecule has 4 nitrogen and oxygen atoms in total. The lowest BCUT2D eigenvalue weighted by atomic mass is 10.1. The monoisotopic (exact) mass is 267 g/mol. The molecular weight excluding hydrogens is 250 g/mol. The molecule has 0 aromatic carbocycles. The Morgan fingerprint density at radius 2 is 2.33 bits per heavy atom. The van der Waals surface area contributed by atoms with Crippen molar-refractivity contribution in [2.45, 2.75) is 31.7 Å². The van der Waals surface area contributed by atoms with Crippen molar-refractivity contribution in [3.05, 3.63) is 24.3 Å². The maximum absolute atomic E-state index is 6.00. The van der Waals surface area contributed by atoms with E-state index in [9.17, 15) is 0 Å². The third-order valence-corrected chi connectivity index (χ3v) is 3.27. The van der Waals surface area contributed by atoms with E-state index in [0.29, 0.717) is 12.5 Å². The largest absolute Gasteiger partial charge is 0.383 e. The van der Waals surface area contributed by atoms with Crippen LogP contribution < -0.4 is 0 Å². The lowest BCUT2D eigenvalue weighted by Crippen LogP contribution is -2.16. The van der Waals surface area contributed by atoms with Crippen molar-refractivity contribution >= 4 is 22.6 Å². The molecule has 5 heteroatoms. The fourth-order valence-corrected chi connectivity index (χ4v) is 2.50. The van der Waals surface area contributed by atoms with Crippen molar-refractivity contribution < 1.29 is 4.74 Å². The highest BCUT2D eigenvalue weighted by molar-refractivity contribution is 6.16. The molecule has 0 saturated carbocycles. The van der Waals surface area contributed by atoms with Gasteiger partial charge in [0.05, 0.1) is 30.2 Å². The number of halogens is 1. The van der Waals surface area contributed by atoms with Crippen molar-refractivity contribution in [2.75, 3.05) is 13.7 Å². The van der Waals surface area contributed by atoms with Crippen LogP contribution in [0.5, 0.6) is 0 Å². The van der Waals surface area contributed by atoms with Gasteiger partial charge in [-0.1, -0.05) is 13.3 Å². The van der Waals surface area contributed by atoms with E-state index in [0.717, 1.165) is 29.7 Å². The molecule has 0 bridgehead atoms. The standard InChI is InChI=1S/C13H18ClN3O/c1-3-4-10(9-18-2)17-12-5-6-15-8-11(12)16-13(17)7-14/h5-6,8,10H,3-4,7,9H2,1-2H3. The predicted molar refractivity (Wildman–Crippen MR) is 72.9 cm³/mol. The van der Waals surface area contributed by atoms with Crippen molar-refractivity contribution in [3.8, 4) is 0 Å². The lowest BCUT2D eigenvalue weighted by molar-refractivity contribution is 0.151. The van der Waals surface area contributed by atoms with E-state index in [2.05, 4.69) is 21.5 Å². The Morgan fingerprint density at radius 1 is 1.50 bits per heavy atom. The van der Waals surface area contributed by atoms with E-state index in [1.54, 1.807) is 19.5 Å². The Kier molecular flexibility index (Phi) is 4.55. The van der Waals surface area contributed by atoms with E-state index in [1.165, 1.54) is 0 Å². The summed E-state index contributed by atoms with van der Waals surface area (Å²) in [4.78, 5) is 8.63. The summed E-state index contributed by atoms with van der Waals surface area (Å²) >= 11 is 6.00. The van der Waals surface area contributed by atoms with Gasteiger partial charge in [-0.05, 0) is 12.5 Å². The van der Waals surface area contributed by atoms with Gasteiger partial charge < -0.3 is 9.30 Å². The Labute approximate surface area is 112 Å². The maximum atomic E-state index is 6.00. The summed E-state index contributed by atoms with van der Waals surface area (Å²) in [5.74, 6) is 1.29. The van der Waals surface area contributed by atoms with Crippen LogP contribution in [0, 0.1) is 0 Å². The van der Waals surface area contributed by atoms with Gasteiger partial charge in [-0.25, -0.2) is 4.98 Å². The number of fused-ring (bicyclic) bond motifs is 1. The summed E-state index contributed by atoms with van der Waals surface area (Å²) in [6.45, 7) is 2.84. The van der Waals surface area contributed by atoms with Gasteiger partial charge in [0.15, 0.2) is 0 Å². The van der Waals surface area contributed by atoms with E-state index in [4.69, 9.17) is 16.3 Å². The van der Waals surface area contributed by atoms with Gasteiger partial charge in [-0.3, -0.25) is 4.98 Å². The summed E-state index contributed by atoms with van der Waals surface area (Å²) < 4.78 is 7.51. The van der Waals surface area contributed by atoms with Crippen molar-refractivity contribution in [3.63, 3.8) is 0 Å².